The van der Waals surface area contributed by atoms with Crippen LogP contribution in [0.15, 0.2) is 35.1 Å². The highest BCUT2D eigenvalue weighted by atomic mass is 15.0. The van der Waals surface area contributed by atoms with Crippen LogP contribution in [0.5, 0.6) is 0 Å². The van der Waals surface area contributed by atoms with Gasteiger partial charge in [0.2, 0.25) is 0 Å². The van der Waals surface area contributed by atoms with Gasteiger partial charge in [-0.3, -0.25) is 4.98 Å². The smallest absolute Gasteiger partial charge is 0.109 e. The Labute approximate surface area is 78.0 Å². The van der Waals surface area contributed by atoms with Crippen molar-refractivity contribution in [3.63, 3.8) is 0 Å². The Balaban J connectivity index is 3.12. The molecule has 13 heavy (non-hydrogen) atoms. The molecule has 0 aliphatic rings. The predicted octanol–water partition coefficient (Wildman–Crippen LogP) is 3.25. The number of aromatic nitrogens is 1. The number of hydrogen-bond acceptors (Lipinski definition) is 3. The Morgan fingerprint density at radius 3 is 2.77 bits per heavy atom. The molecule has 0 spiro atoms. The maximum atomic E-state index is 7.06. The van der Waals surface area contributed by atoms with Gasteiger partial charge < -0.3 is 0 Å². The minimum atomic E-state index is 0.683. The monoisotopic (exact) mass is 175 g/mol. The Kier molecular flexibility index (Phi) is 3.31. The van der Waals surface area contributed by atoms with Gasteiger partial charge in [-0.25, -0.2) is 5.53 Å². The zero-order chi connectivity index (χ0) is 9.68. The molecule has 0 atom stereocenters. The summed E-state index contributed by atoms with van der Waals surface area (Å²) in [4.78, 5) is 4.15. The van der Waals surface area contributed by atoms with E-state index >= 15 is 0 Å². The van der Waals surface area contributed by atoms with E-state index in [1.54, 1.807) is 6.20 Å². The van der Waals surface area contributed by atoms with Gasteiger partial charge in [-0.15, -0.1) is 0 Å². The van der Waals surface area contributed by atoms with Crippen molar-refractivity contribution >= 4 is 5.70 Å². The normalized spacial score (nSPS) is 12.2. The molecule has 0 unspecified atom stereocenters. The summed E-state index contributed by atoms with van der Waals surface area (Å²) in [5.74, 6) is 0. The lowest BCUT2D eigenvalue weighted by Crippen LogP contribution is -1.88. The van der Waals surface area contributed by atoms with Crippen LogP contribution in [-0.4, -0.2) is 4.98 Å². The molecular weight excluding hydrogens is 162 g/mol. The Morgan fingerprint density at radius 2 is 2.31 bits per heavy atom. The molecule has 0 saturated heterocycles. The highest BCUT2D eigenvalue weighted by molar-refractivity contribution is 5.63. The average molecular weight is 175 g/mol. The minimum Gasteiger partial charge on any atom is -0.255 e. The third-order valence-electron chi connectivity index (χ3n) is 1.95. The number of pyridine rings is 1. The van der Waals surface area contributed by atoms with Gasteiger partial charge in [0.05, 0.1) is 5.69 Å². The summed E-state index contributed by atoms with van der Waals surface area (Å²) in [5.41, 5.74) is 9.61. The van der Waals surface area contributed by atoms with Crippen molar-refractivity contribution in [2.75, 3.05) is 0 Å². The first-order chi connectivity index (χ1) is 6.29. The summed E-state index contributed by atoms with van der Waals surface area (Å²) < 4.78 is 0. The average Bonchev–Trinajstić information content (AvgIpc) is 2.20. The zero-order valence-electron chi connectivity index (χ0n) is 7.91. The van der Waals surface area contributed by atoms with E-state index in [1.807, 2.05) is 32.0 Å². The number of nitrogens with zero attached hydrogens (tertiary/aromatic N) is 2. The van der Waals surface area contributed by atoms with E-state index in [0.717, 1.165) is 17.7 Å². The number of rotatable bonds is 3. The molecule has 0 aromatic carbocycles. The van der Waals surface area contributed by atoms with Gasteiger partial charge in [0, 0.05) is 6.20 Å². The van der Waals surface area contributed by atoms with Crippen molar-refractivity contribution in [1.82, 2.24) is 4.98 Å². The summed E-state index contributed by atoms with van der Waals surface area (Å²) in [7, 11) is 0. The van der Waals surface area contributed by atoms with E-state index in [1.165, 1.54) is 0 Å². The fourth-order valence-corrected chi connectivity index (χ4v) is 1.04. The fraction of sp³-hybridized carbons (Fsp3) is 0.300. The maximum absolute atomic E-state index is 7.06. The maximum Gasteiger partial charge on any atom is 0.109 e. The lowest BCUT2D eigenvalue weighted by atomic mass is 10.1. The lowest BCUT2D eigenvalue weighted by Gasteiger charge is -2.02. The summed E-state index contributed by atoms with van der Waals surface area (Å²) in [5, 5.41) is 3.50. The van der Waals surface area contributed by atoms with Gasteiger partial charge in [-0.1, -0.05) is 13.0 Å². The van der Waals surface area contributed by atoms with Gasteiger partial charge in [-0.2, -0.15) is 5.11 Å². The molecule has 0 radical (unpaired) electrons. The zero-order valence-corrected chi connectivity index (χ0v) is 7.91. The molecule has 0 aliphatic heterocycles. The van der Waals surface area contributed by atoms with E-state index < -0.39 is 0 Å². The first-order valence-corrected chi connectivity index (χ1v) is 4.28. The summed E-state index contributed by atoms with van der Waals surface area (Å²) in [6.07, 6.45) is 2.61. The van der Waals surface area contributed by atoms with Gasteiger partial charge >= 0.3 is 0 Å². The SMILES string of the molecule is CC/C(C)=C(\N=N)c1ccccn1. The molecule has 0 aliphatic carbocycles. The fourth-order valence-electron chi connectivity index (χ4n) is 1.04. The van der Waals surface area contributed by atoms with E-state index in [-0.39, 0.29) is 0 Å². The van der Waals surface area contributed by atoms with Crippen molar-refractivity contribution in [3.8, 4) is 0 Å². The molecule has 3 nitrogen and oxygen atoms in total. The van der Waals surface area contributed by atoms with Crippen molar-refractivity contribution in [2.45, 2.75) is 20.3 Å². The molecule has 0 saturated carbocycles. The van der Waals surface area contributed by atoms with Gasteiger partial charge in [0.15, 0.2) is 0 Å². The summed E-state index contributed by atoms with van der Waals surface area (Å²) >= 11 is 0. The standard InChI is InChI=1S/C10H13N3/c1-3-8(2)10(13-11)9-6-4-5-7-12-9/h4-7,11H,3H2,1-2H3/b10-8-,13-11?. The first-order valence-electron chi connectivity index (χ1n) is 4.28. The topological polar surface area (TPSA) is 49.1 Å². The predicted molar refractivity (Wildman–Crippen MR) is 52.3 cm³/mol. The van der Waals surface area contributed by atoms with Crippen molar-refractivity contribution in [2.24, 2.45) is 5.11 Å². The van der Waals surface area contributed by atoms with Crippen molar-refractivity contribution in [3.05, 3.63) is 35.7 Å². The first kappa shape index (κ1) is 9.58. The van der Waals surface area contributed by atoms with Crippen LogP contribution in [0.1, 0.15) is 26.0 Å². The van der Waals surface area contributed by atoms with Crippen LogP contribution in [0.3, 0.4) is 0 Å². The second-order valence-corrected chi connectivity index (χ2v) is 2.81. The van der Waals surface area contributed by atoms with E-state index in [4.69, 9.17) is 5.53 Å². The third-order valence-corrected chi connectivity index (χ3v) is 1.95. The molecule has 0 bridgehead atoms. The Hall–Kier alpha value is -1.51. The highest BCUT2D eigenvalue weighted by Crippen LogP contribution is 2.19. The number of hydrogen-bond donors (Lipinski definition) is 1. The van der Waals surface area contributed by atoms with Crippen LogP contribution < -0.4 is 0 Å². The van der Waals surface area contributed by atoms with Crippen LogP contribution in [0, 0.1) is 5.53 Å². The Morgan fingerprint density at radius 1 is 1.54 bits per heavy atom. The van der Waals surface area contributed by atoms with Crippen molar-refractivity contribution in [1.29, 1.82) is 5.53 Å². The number of allylic oxidation sites excluding steroid dienone is 1. The van der Waals surface area contributed by atoms with Crippen LogP contribution in [0.2, 0.25) is 0 Å². The molecule has 68 valence electrons. The highest BCUT2D eigenvalue weighted by Gasteiger charge is 2.03. The largest absolute Gasteiger partial charge is 0.255 e. The van der Waals surface area contributed by atoms with E-state index in [0.29, 0.717) is 5.70 Å². The molecule has 0 amide bonds. The van der Waals surface area contributed by atoms with Crippen LogP contribution in [0.4, 0.5) is 0 Å². The minimum absolute atomic E-state index is 0.683. The van der Waals surface area contributed by atoms with Crippen molar-refractivity contribution < 1.29 is 0 Å². The van der Waals surface area contributed by atoms with Crippen LogP contribution in [0.25, 0.3) is 5.70 Å². The van der Waals surface area contributed by atoms with Crippen LogP contribution in [-0.2, 0) is 0 Å². The molecule has 1 aromatic heterocycles. The van der Waals surface area contributed by atoms with Gasteiger partial charge in [0.1, 0.15) is 5.70 Å². The molecular formula is C10H13N3. The molecule has 1 aromatic rings. The van der Waals surface area contributed by atoms with E-state index in [9.17, 15) is 0 Å². The quantitative estimate of drug-likeness (QED) is 0.704. The van der Waals surface area contributed by atoms with Crippen LogP contribution >= 0.6 is 0 Å². The van der Waals surface area contributed by atoms with E-state index in [2.05, 4.69) is 10.1 Å². The second-order valence-electron chi connectivity index (χ2n) is 2.81. The molecule has 1 N–H and O–H groups in total. The third kappa shape index (κ3) is 2.21. The molecule has 1 rings (SSSR count). The summed E-state index contributed by atoms with van der Waals surface area (Å²) in [6.45, 7) is 4.02. The molecule has 1 heterocycles. The van der Waals surface area contributed by atoms with Gasteiger partial charge in [0.25, 0.3) is 0 Å². The molecule has 3 heteroatoms. The number of nitrogens with one attached hydrogen (secondary N) is 1. The molecule has 0 fully saturated rings. The summed E-state index contributed by atoms with van der Waals surface area (Å²) in [6, 6.07) is 5.62. The van der Waals surface area contributed by atoms with Gasteiger partial charge in [-0.05, 0) is 31.1 Å². The lowest BCUT2D eigenvalue weighted by molar-refractivity contribution is 1.04. The Bertz CT molecular complexity index is 314. The second kappa shape index (κ2) is 4.50.